The average Bonchev–Trinajstić information content (AvgIpc) is 3.25. The topological polar surface area (TPSA) is 32.3 Å². The molecular formula is C18H22N2OS. The van der Waals surface area contributed by atoms with Crippen LogP contribution in [0.3, 0.4) is 0 Å². The van der Waals surface area contributed by atoms with Crippen LogP contribution in [0.5, 0.6) is 0 Å². The second-order valence-electron chi connectivity index (χ2n) is 5.87. The van der Waals surface area contributed by atoms with Crippen molar-refractivity contribution in [2.24, 2.45) is 0 Å². The van der Waals surface area contributed by atoms with Crippen LogP contribution in [0.25, 0.3) is 0 Å². The van der Waals surface area contributed by atoms with Crippen molar-refractivity contribution in [2.75, 3.05) is 11.9 Å². The molecule has 1 aliphatic carbocycles. The van der Waals surface area contributed by atoms with Crippen LogP contribution >= 0.6 is 11.3 Å². The second-order valence-corrected chi connectivity index (χ2v) is 6.65. The normalized spacial score (nSPS) is 14.3. The molecule has 22 heavy (non-hydrogen) atoms. The fourth-order valence-electron chi connectivity index (χ4n) is 2.58. The fourth-order valence-corrected chi connectivity index (χ4v) is 3.24. The van der Waals surface area contributed by atoms with E-state index in [-0.39, 0.29) is 5.91 Å². The van der Waals surface area contributed by atoms with Crippen LogP contribution in [-0.4, -0.2) is 23.4 Å². The van der Waals surface area contributed by atoms with Gasteiger partial charge in [0.1, 0.15) is 0 Å². The van der Waals surface area contributed by atoms with Crippen LogP contribution in [0.2, 0.25) is 0 Å². The quantitative estimate of drug-likeness (QED) is 0.840. The lowest BCUT2D eigenvalue weighted by molar-refractivity contribution is -0.117. The molecule has 1 heterocycles. The number of amides is 1. The highest BCUT2D eigenvalue weighted by Crippen LogP contribution is 2.28. The third-order valence-corrected chi connectivity index (χ3v) is 4.75. The van der Waals surface area contributed by atoms with Gasteiger partial charge < -0.3 is 5.32 Å². The second kappa shape index (κ2) is 7.07. The molecule has 0 spiro atoms. The standard InChI is InChI=1S/C18H22N2OS/c1-2-14-3-5-16(6-4-14)19-18(21)12-20(17-7-8-17)11-15-9-10-22-13-15/h3-6,9-10,13,17H,2,7-8,11-12H2,1H3,(H,19,21). The number of nitrogens with one attached hydrogen (secondary N) is 1. The Kier molecular flexibility index (Phi) is 4.90. The minimum atomic E-state index is 0.0754. The Hall–Kier alpha value is -1.65. The number of hydrogen-bond acceptors (Lipinski definition) is 3. The van der Waals surface area contributed by atoms with Crippen LogP contribution in [0.1, 0.15) is 30.9 Å². The highest BCUT2D eigenvalue weighted by Gasteiger charge is 2.30. The van der Waals surface area contributed by atoms with Crippen LogP contribution in [0.4, 0.5) is 5.69 Å². The summed E-state index contributed by atoms with van der Waals surface area (Å²) in [6.45, 7) is 3.47. The molecule has 1 aliphatic rings. The number of benzene rings is 1. The molecule has 0 bridgehead atoms. The lowest BCUT2D eigenvalue weighted by Gasteiger charge is -2.20. The van der Waals surface area contributed by atoms with Gasteiger partial charge in [-0.05, 0) is 59.3 Å². The van der Waals surface area contributed by atoms with E-state index in [1.165, 1.54) is 24.0 Å². The summed E-state index contributed by atoms with van der Waals surface area (Å²) in [4.78, 5) is 14.6. The third-order valence-electron chi connectivity index (χ3n) is 4.02. The zero-order valence-electron chi connectivity index (χ0n) is 12.9. The molecular weight excluding hydrogens is 292 g/mol. The molecule has 3 nitrogen and oxygen atoms in total. The summed E-state index contributed by atoms with van der Waals surface area (Å²) in [5.74, 6) is 0.0754. The number of rotatable bonds is 7. The maximum atomic E-state index is 12.3. The minimum absolute atomic E-state index is 0.0754. The largest absolute Gasteiger partial charge is 0.325 e. The third kappa shape index (κ3) is 4.18. The van der Waals surface area contributed by atoms with Gasteiger partial charge in [0.15, 0.2) is 0 Å². The number of hydrogen-bond donors (Lipinski definition) is 1. The maximum Gasteiger partial charge on any atom is 0.238 e. The van der Waals surface area contributed by atoms with Crippen LogP contribution in [-0.2, 0) is 17.8 Å². The van der Waals surface area contributed by atoms with E-state index in [9.17, 15) is 4.79 Å². The summed E-state index contributed by atoms with van der Waals surface area (Å²) >= 11 is 1.71. The molecule has 0 unspecified atom stereocenters. The highest BCUT2D eigenvalue weighted by atomic mass is 32.1. The van der Waals surface area contributed by atoms with Gasteiger partial charge in [0.05, 0.1) is 6.54 Å². The van der Waals surface area contributed by atoms with E-state index in [1.54, 1.807) is 11.3 Å². The van der Waals surface area contributed by atoms with Gasteiger partial charge in [0.2, 0.25) is 5.91 Å². The molecule has 4 heteroatoms. The van der Waals surface area contributed by atoms with Crippen molar-refractivity contribution in [1.29, 1.82) is 0 Å². The van der Waals surface area contributed by atoms with Crippen LogP contribution in [0, 0.1) is 0 Å². The van der Waals surface area contributed by atoms with Crippen LogP contribution < -0.4 is 5.32 Å². The Labute approximate surface area is 136 Å². The minimum Gasteiger partial charge on any atom is -0.325 e. The lowest BCUT2D eigenvalue weighted by atomic mass is 10.1. The van der Waals surface area contributed by atoms with Gasteiger partial charge in [-0.25, -0.2) is 0 Å². The van der Waals surface area contributed by atoms with E-state index in [0.717, 1.165) is 18.7 Å². The van der Waals surface area contributed by atoms with E-state index >= 15 is 0 Å². The first-order valence-corrected chi connectivity index (χ1v) is 8.83. The van der Waals surface area contributed by atoms with E-state index in [1.807, 2.05) is 12.1 Å². The molecule has 1 fully saturated rings. The van der Waals surface area contributed by atoms with Crippen molar-refractivity contribution < 1.29 is 4.79 Å². The number of nitrogens with zero attached hydrogens (tertiary/aromatic N) is 1. The van der Waals surface area contributed by atoms with Crippen molar-refractivity contribution in [3.05, 3.63) is 52.2 Å². The molecule has 116 valence electrons. The predicted molar refractivity (Wildman–Crippen MR) is 92.2 cm³/mol. The smallest absolute Gasteiger partial charge is 0.238 e. The first-order valence-electron chi connectivity index (χ1n) is 7.88. The number of aryl methyl sites for hydroxylation is 1. The summed E-state index contributed by atoms with van der Waals surface area (Å²) < 4.78 is 0. The molecule has 1 N–H and O–H groups in total. The Bertz CT molecular complexity index is 603. The fraction of sp³-hybridized carbons (Fsp3) is 0.389. The Balaban J connectivity index is 1.56. The van der Waals surface area contributed by atoms with Gasteiger partial charge in [-0.15, -0.1) is 0 Å². The van der Waals surface area contributed by atoms with Crippen molar-refractivity contribution in [2.45, 2.75) is 38.8 Å². The van der Waals surface area contributed by atoms with Gasteiger partial charge in [-0.1, -0.05) is 19.1 Å². The zero-order valence-corrected chi connectivity index (χ0v) is 13.7. The van der Waals surface area contributed by atoms with Gasteiger partial charge in [-0.2, -0.15) is 11.3 Å². The van der Waals surface area contributed by atoms with Crippen LogP contribution in [0.15, 0.2) is 41.1 Å². The number of anilines is 1. The molecule has 1 amide bonds. The summed E-state index contributed by atoms with van der Waals surface area (Å²) in [7, 11) is 0. The molecule has 0 saturated heterocycles. The lowest BCUT2D eigenvalue weighted by Crippen LogP contribution is -2.34. The van der Waals surface area contributed by atoms with Crippen molar-refractivity contribution >= 4 is 22.9 Å². The van der Waals surface area contributed by atoms with Crippen molar-refractivity contribution in [1.82, 2.24) is 4.90 Å². The van der Waals surface area contributed by atoms with E-state index in [4.69, 9.17) is 0 Å². The van der Waals surface area contributed by atoms with E-state index in [0.29, 0.717) is 12.6 Å². The van der Waals surface area contributed by atoms with E-state index in [2.05, 4.69) is 46.1 Å². The Morgan fingerprint density at radius 1 is 1.23 bits per heavy atom. The van der Waals surface area contributed by atoms with Gasteiger partial charge >= 0.3 is 0 Å². The molecule has 0 aliphatic heterocycles. The zero-order chi connectivity index (χ0) is 15.4. The molecule has 1 aromatic heterocycles. The summed E-state index contributed by atoms with van der Waals surface area (Å²) in [5, 5.41) is 7.26. The molecule has 2 aromatic rings. The average molecular weight is 314 g/mol. The summed E-state index contributed by atoms with van der Waals surface area (Å²) in [6, 6.07) is 10.8. The first kappa shape index (κ1) is 15.3. The summed E-state index contributed by atoms with van der Waals surface area (Å²) in [5.41, 5.74) is 3.47. The Morgan fingerprint density at radius 3 is 2.59 bits per heavy atom. The van der Waals surface area contributed by atoms with E-state index < -0.39 is 0 Å². The molecule has 1 saturated carbocycles. The molecule has 0 atom stereocenters. The van der Waals surface area contributed by atoms with Crippen molar-refractivity contribution in [3.63, 3.8) is 0 Å². The highest BCUT2D eigenvalue weighted by molar-refractivity contribution is 7.07. The van der Waals surface area contributed by atoms with Crippen molar-refractivity contribution in [3.8, 4) is 0 Å². The van der Waals surface area contributed by atoms with Gasteiger partial charge in [0, 0.05) is 18.3 Å². The number of carbonyl (C=O) groups is 1. The molecule has 1 aromatic carbocycles. The maximum absolute atomic E-state index is 12.3. The SMILES string of the molecule is CCc1ccc(NC(=O)CN(Cc2ccsc2)C2CC2)cc1. The molecule has 3 rings (SSSR count). The Morgan fingerprint density at radius 2 is 2.00 bits per heavy atom. The van der Waals surface area contributed by atoms with Gasteiger partial charge in [0.25, 0.3) is 0 Å². The predicted octanol–water partition coefficient (Wildman–Crippen LogP) is 3.91. The first-order chi connectivity index (χ1) is 10.7. The number of thiophene rings is 1. The molecule has 0 radical (unpaired) electrons. The number of carbonyl (C=O) groups excluding carboxylic acids is 1. The van der Waals surface area contributed by atoms with Gasteiger partial charge in [-0.3, -0.25) is 9.69 Å². The monoisotopic (exact) mass is 314 g/mol. The summed E-state index contributed by atoms with van der Waals surface area (Å²) in [6.07, 6.45) is 3.44.